The summed E-state index contributed by atoms with van der Waals surface area (Å²) in [6.07, 6.45) is -1.36. The Bertz CT molecular complexity index is 716. The summed E-state index contributed by atoms with van der Waals surface area (Å²) in [5.74, 6) is -0.478. The van der Waals surface area contributed by atoms with Gasteiger partial charge in [0.05, 0.1) is 18.1 Å². The number of aromatic nitrogens is 2. The van der Waals surface area contributed by atoms with E-state index in [2.05, 4.69) is 4.98 Å². The van der Waals surface area contributed by atoms with Crippen LogP contribution < -0.4 is 5.56 Å². The maximum atomic E-state index is 12.6. The van der Waals surface area contributed by atoms with Crippen LogP contribution in [0.25, 0.3) is 0 Å². The highest BCUT2D eigenvalue weighted by molar-refractivity contribution is 5.82. The largest absolute Gasteiger partial charge is 0.406 e. The average molecular weight is 358 g/mol. The van der Waals surface area contributed by atoms with Crippen LogP contribution in [0.5, 0.6) is 0 Å². The molecule has 2 aliphatic rings. The van der Waals surface area contributed by atoms with Crippen molar-refractivity contribution in [2.45, 2.75) is 51.5 Å². The van der Waals surface area contributed by atoms with E-state index in [-0.39, 0.29) is 12.1 Å². The zero-order valence-corrected chi connectivity index (χ0v) is 14.1. The van der Waals surface area contributed by atoms with Crippen molar-refractivity contribution in [2.24, 2.45) is 0 Å². The molecular weight excluding hydrogens is 337 g/mol. The van der Waals surface area contributed by atoms with E-state index >= 15 is 0 Å². The van der Waals surface area contributed by atoms with Crippen LogP contribution in [-0.2, 0) is 24.3 Å². The molecule has 1 aromatic rings. The fourth-order valence-corrected chi connectivity index (χ4v) is 3.60. The fraction of sp³-hybridized carbons (Fsp3) is 0.688. The minimum absolute atomic E-state index is 0.0687. The molecular formula is C16H21F3N4O2. The maximum absolute atomic E-state index is 12.6. The number of piperidine rings is 1. The number of halogens is 3. The lowest BCUT2D eigenvalue weighted by molar-refractivity contribution is -0.168. The van der Waals surface area contributed by atoms with Crippen LogP contribution in [0.4, 0.5) is 13.2 Å². The Morgan fingerprint density at radius 2 is 2.04 bits per heavy atom. The van der Waals surface area contributed by atoms with Gasteiger partial charge in [0.25, 0.3) is 5.56 Å². The number of nitrogens with zero attached hydrogens (tertiary/aromatic N) is 4. The number of hydrogen-bond donors (Lipinski definition) is 0. The van der Waals surface area contributed by atoms with E-state index in [9.17, 15) is 22.8 Å². The molecule has 0 spiro atoms. The Kier molecular flexibility index (Phi) is 4.86. The molecule has 0 aliphatic carbocycles. The van der Waals surface area contributed by atoms with Gasteiger partial charge in [-0.25, -0.2) is 4.98 Å². The number of likely N-dealkylation sites (tertiary alicyclic amines) is 1. The fourth-order valence-electron chi connectivity index (χ4n) is 3.60. The number of fused-ring (bicyclic) bond motifs is 1. The summed E-state index contributed by atoms with van der Waals surface area (Å²) in [4.78, 5) is 31.9. The molecule has 0 aromatic carbocycles. The van der Waals surface area contributed by atoms with E-state index < -0.39 is 24.7 Å². The van der Waals surface area contributed by atoms with Crippen molar-refractivity contribution >= 4 is 5.91 Å². The second-order valence-electron chi connectivity index (χ2n) is 6.51. The van der Waals surface area contributed by atoms with Gasteiger partial charge in [0, 0.05) is 31.7 Å². The maximum Gasteiger partial charge on any atom is 0.406 e. The molecule has 3 heterocycles. The van der Waals surface area contributed by atoms with Crippen molar-refractivity contribution in [1.29, 1.82) is 0 Å². The lowest BCUT2D eigenvalue weighted by atomic mass is 9.98. The van der Waals surface area contributed by atoms with Gasteiger partial charge in [-0.05, 0) is 26.2 Å². The van der Waals surface area contributed by atoms with Gasteiger partial charge >= 0.3 is 6.18 Å². The average Bonchev–Trinajstić information content (AvgIpc) is 2.56. The first-order valence-electron chi connectivity index (χ1n) is 8.47. The highest BCUT2D eigenvalue weighted by atomic mass is 19.4. The molecule has 9 heteroatoms. The topological polar surface area (TPSA) is 58.4 Å². The van der Waals surface area contributed by atoms with Gasteiger partial charge in [0.2, 0.25) is 5.91 Å². The van der Waals surface area contributed by atoms with Crippen molar-refractivity contribution in [1.82, 2.24) is 19.4 Å². The van der Waals surface area contributed by atoms with Crippen molar-refractivity contribution in [2.75, 3.05) is 19.6 Å². The Balaban J connectivity index is 1.76. The molecule has 1 fully saturated rings. The highest BCUT2D eigenvalue weighted by Crippen LogP contribution is 2.25. The van der Waals surface area contributed by atoms with E-state index in [1.807, 2.05) is 11.8 Å². The third-order valence-electron chi connectivity index (χ3n) is 4.88. The van der Waals surface area contributed by atoms with Crippen LogP contribution in [0, 0.1) is 0 Å². The molecule has 0 bridgehead atoms. The minimum Gasteiger partial charge on any atom is -0.332 e. The molecule has 1 saturated heterocycles. The van der Waals surface area contributed by atoms with Gasteiger partial charge in [0.1, 0.15) is 6.54 Å². The predicted octanol–water partition coefficient (Wildman–Crippen LogP) is 1.17. The monoisotopic (exact) mass is 358 g/mol. The van der Waals surface area contributed by atoms with Crippen molar-refractivity contribution in [3.05, 3.63) is 27.9 Å². The number of rotatable bonds is 3. The van der Waals surface area contributed by atoms with E-state index in [0.29, 0.717) is 50.2 Å². The summed E-state index contributed by atoms with van der Waals surface area (Å²) in [5.41, 5.74) is 1.21. The zero-order chi connectivity index (χ0) is 18.2. The van der Waals surface area contributed by atoms with Gasteiger partial charge in [-0.1, -0.05) is 0 Å². The van der Waals surface area contributed by atoms with E-state index in [4.69, 9.17) is 0 Å². The Labute approximate surface area is 143 Å². The molecule has 138 valence electrons. The summed E-state index contributed by atoms with van der Waals surface area (Å²) in [7, 11) is 0. The van der Waals surface area contributed by atoms with Crippen molar-refractivity contribution in [3.63, 3.8) is 0 Å². The van der Waals surface area contributed by atoms with Gasteiger partial charge in [-0.3, -0.25) is 19.1 Å². The zero-order valence-electron chi connectivity index (χ0n) is 14.1. The molecule has 0 saturated carbocycles. The predicted molar refractivity (Wildman–Crippen MR) is 83.9 cm³/mol. The Hall–Kier alpha value is -1.90. The van der Waals surface area contributed by atoms with Crippen LogP contribution in [0.15, 0.2) is 11.1 Å². The molecule has 1 amide bonds. The van der Waals surface area contributed by atoms with E-state index in [0.717, 1.165) is 4.90 Å². The van der Waals surface area contributed by atoms with E-state index in [1.54, 1.807) is 0 Å². The molecule has 0 radical (unpaired) electrons. The molecule has 3 rings (SSSR count). The standard InChI is InChI=1S/C16H21F3N4O2/c1-2-21-10-20-12-8-22(7-5-11(12)14(21)24)13-4-3-6-23(15(13)25)9-16(17,18)19/h10,13H,2-9H2,1H3. The number of hydrogen-bond acceptors (Lipinski definition) is 4. The number of carbonyl (C=O) groups is 1. The number of aryl methyl sites for hydroxylation is 1. The lowest BCUT2D eigenvalue weighted by Crippen LogP contribution is -2.55. The molecule has 1 unspecified atom stereocenters. The second kappa shape index (κ2) is 6.78. The molecule has 25 heavy (non-hydrogen) atoms. The summed E-state index contributed by atoms with van der Waals surface area (Å²) in [5, 5.41) is 0. The Morgan fingerprint density at radius 1 is 1.28 bits per heavy atom. The van der Waals surface area contributed by atoms with Crippen LogP contribution in [0.2, 0.25) is 0 Å². The lowest BCUT2D eigenvalue weighted by Gasteiger charge is -2.40. The number of carbonyl (C=O) groups excluding carboxylic acids is 1. The third kappa shape index (κ3) is 3.70. The van der Waals surface area contributed by atoms with Crippen LogP contribution in [0.3, 0.4) is 0 Å². The van der Waals surface area contributed by atoms with Crippen molar-refractivity contribution < 1.29 is 18.0 Å². The molecule has 1 aromatic heterocycles. The molecule has 2 aliphatic heterocycles. The summed E-state index contributed by atoms with van der Waals surface area (Å²) in [6.45, 7) is 2.14. The summed E-state index contributed by atoms with van der Waals surface area (Å²) in [6, 6.07) is -0.570. The first kappa shape index (κ1) is 17.9. The molecule has 6 nitrogen and oxygen atoms in total. The van der Waals surface area contributed by atoms with Gasteiger partial charge in [-0.2, -0.15) is 13.2 Å². The van der Waals surface area contributed by atoms with Crippen LogP contribution >= 0.6 is 0 Å². The first-order valence-corrected chi connectivity index (χ1v) is 8.47. The molecule has 1 atom stereocenters. The third-order valence-corrected chi connectivity index (χ3v) is 4.88. The first-order chi connectivity index (χ1) is 11.8. The Morgan fingerprint density at radius 3 is 2.72 bits per heavy atom. The van der Waals surface area contributed by atoms with Crippen LogP contribution in [-0.4, -0.2) is 57.1 Å². The van der Waals surface area contributed by atoms with E-state index in [1.165, 1.54) is 10.9 Å². The smallest absolute Gasteiger partial charge is 0.332 e. The van der Waals surface area contributed by atoms with Gasteiger partial charge in [-0.15, -0.1) is 0 Å². The second-order valence-corrected chi connectivity index (χ2v) is 6.51. The number of amides is 1. The summed E-state index contributed by atoms with van der Waals surface area (Å²) >= 11 is 0. The number of alkyl halides is 3. The van der Waals surface area contributed by atoms with Crippen molar-refractivity contribution in [3.8, 4) is 0 Å². The molecule has 0 N–H and O–H groups in total. The van der Waals surface area contributed by atoms with Crippen LogP contribution in [0.1, 0.15) is 31.0 Å². The summed E-state index contributed by atoms with van der Waals surface area (Å²) < 4.78 is 39.5. The SMILES string of the molecule is CCn1cnc2c(c1=O)CCN(C1CCCN(CC(F)(F)F)C1=O)C2. The highest BCUT2D eigenvalue weighted by Gasteiger charge is 2.40. The normalized spacial score (nSPS) is 22.2. The van der Waals surface area contributed by atoms with Gasteiger partial charge < -0.3 is 4.90 Å². The minimum atomic E-state index is -4.39. The van der Waals surface area contributed by atoms with Gasteiger partial charge in [0.15, 0.2) is 0 Å². The quantitative estimate of drug-likeness (QED) is 0.814.